The Hall–Kier alpha value is -3.08. The number of carboxylic acids is 1. The first-order valence-corrected chi connectivity index (χ1v) is 9.94. The van der Waals surface area contributed by atoms with E-state index >= 15 is 0 Å². The van der Waals surface area contributed by atoms with E-state index in [2.05, 4.69) is 20.4 Å². The molecule has 3 rings (SSSR count). The molecule has 1 heterocycles. The number of carbonyl (C=O) groups is 2. The monoisotopic (exact) mass is 408 g/mol. The second kappa shape index (κ2) is 7.63. The first-order chi connectivity index (χ1) is 13.9. The molecule has 1 N–H and O–H groups in total. The van der Waals surface area contributed by atoms with Crippen molar-refractivity contribution >= 4 is 11.9 Å². The first kappa shape index (κ1) is 21.6. The molecule has 0 unspecified atom stereocenters. The normalized spacial score (nSPS) is 16.2. The van der Waals surface area contributed by atoms with Gasteiger partial charge in [-0.3, -0.25) is 4.79 Å². The third kappa shape index (κ3) is 4.56. The van der Waals surface area contributed by atoms with Gasteiger partial charge in [-0.2, -0.15) is 0 Å². The van der Waals surface area contributed by atoms with Crippen molar-refractivity contribution in [3.8, 4) is 16.9 Å². The van der Waals surface area contributed by atoms with E-state index in [1.54, 1.807) is 25.1 Å². The minimum Gasteiger partial charge on any atom is -0.487 e. The van der Waals surface area contributed by atoms with E-state index in [4.69, 9.17) is 14.6 Å². The summed E-state index contributed by atoms with van der Waals surface area (Å²) in [6.45, 7) is 13.6. The molecule has 0 spiro atoms. The Bertz CT molecular complexity index is 1010. The van der Waals surface area contributed by atoms with Gasteiger partial charge in [0.25, 0.3) is 0 Å². The van der Waals surface area contributed by atoms with Crippen molar-refractivity contribution in [2.24, 2.45) is 0 Å². The number of aliphatic carboxylic acids is 1. The Morgan fingerprint density at radius 1 is 1.10 bits per heavy atom. The van der Waals surface area contributed by atoms with E-state index in [0.717, 1.165) is 28.7 Å². The van der Waals surface area contributed by atoms with Gasteiger partial charge in [-0.25, -0.2) is 4.79 Å². The van der Waals surface area contributed by atoms with Crippen molar-refractivity contribution in [1.29, 1.82) is 0 Å². The molecule has 0 aromatic heterocycles. The number of carbonyl (C=O) groups excluding carboxylic acids is 1. The molecule has 0 amide bonds. The van der Waals surface area contributed by atoms with Crippen molar-refractivity contribution in [2.45, 2.75) is 58.5 Å². The van der Waals surface area contributed by atoms with Crippen LogP contribution < -0.4 is 4.74 Å². The summed E-state index contributed by atoms with van der Waals surface area (Å²) in [6, 6.07) is 11.1. The number of fused-ring (bicyclic) bond motifs is 1. The van der Waals surface area contributed by atoms with E-state index in [1.165, 1.54) is 0 Å². The van der Waals surface area contributed by atoms with Crippen LogP contribution in [0.4, 0.5) is 0 Å². The fourth-order valence-corrected chi connectivity index (χ4v) is 4.23. The summed E-state index contributed by atoms with van der Waals surface area (Å²) in [5.41, 5.74) is 3.13. The number of ether oxygens (including phenoxy) is 2. The standard InChI is InChI=1S/C25H28O5/c1-15(2)29-23(28)19-12-18(17-9-7-16(8-10-17)11-21(26)27)13-20-22(19)30-25(5,6)14-24(20,3)4/h7-10,12-13H,1,11,14H2,2-6H3,(H,26,27). The Morgan fingerprint density at radius 2 is 1.73 bits per heavy atom. The largest absolute Gasteiger partial charge is 0.487 e. The van der Waals surface area contributed by atoms with Crippen LogP contribution in [-0.4, -0.2) is 22.6 Å². The predicted molar refractivity (Wildman–Crippen MR) is 116 cm³/mol. The van der Waals surface area contributed by atoms with E-state index in [0.29, 0.717) is 17.1 Å². The highest BCUT2D eigenvalue weighted by atomic mass is 16.5. The lowest BCUT2D eigenvalue weighted by atomic mass is 9.72. The van der Waals surface area contributed by atoms with Crippen LogP contribution in [0, 0.1) is 0 Å². The summed E-state index contributed by atoms with van der Waals surface area (Å²) in [7, 11) is 0. The van der Waals surface area contributed by atoms with Crippen molar-refractivity contribution in [1.82, 2.24) is 0 Å². The van der Waals surface area contributed by atoms with Gasteiger partial charge in [0.15, 0.2) is 0 Å². The maximum atomic E-state index is 12.9. The minimum absolute atomic E-state index is 0.0311. The van der Waals surface area contributed by atoms with Crippen molar-refractivity contribution < 1.29 is 24.2 Å². The maximum Gasteiger partial charge on any atom is 0.347 e. The van der Waals surface area contributed by atoms with Crippen LogP contribution >= 0.6 is 0 Å². The summed E-state index contributed by atoms with van der Waals surface area (Å²) in [4.78, 5) is 23.8. The van der Waals surface area contributed by atoms with E-state index < -0.39 is 17.5 Å². The molecular weight excluding hydrogens is 380 g/mol. The van der Waals surface area contributed by atoms with Gasteiger partial charge in [0.1, 0.15) is 16.9 Å². The molecular formula is C25H28O5. The zero-order valence-corrected chi connectivity index (χ0v) is 18.2. The van der Waals surface area contributed by atoms with Gasteiger partial charge in [-0.05, 0) is 61.4 Å². The van der Waals surface area contributed by atoms with Gasteiger partial charge in [0, 0.05) is 5.56 Å². The lowest BCUT2D eigenvalue weighted by molar-refractivity contribution is -0.136. The molecule has 2 aromatic rings. The van der Waals surface area contributed by atoms with E-state index in [9.17, 15) is 9.59 Å². The highest BCUT2D eigenvalue weighted by Crippen LogP contribution is 2.48. The average molecular weight is 408 g/mol. The summed E-state index contributed by atoms with van der Waals surface area (Å²) < 4.78 is 11.6. The van der Waals surface area contributed by atoms with Crippen LogP contribution in [0.5, 0.6) is 5.75 Å². The number of hydrogen-bond donors (Lipinski definition) is 1. The molecule has 0 atom stereocenters. The van der Waals surface area contributed by atoms with Gasteiger partial charge < -0.3 is 14.6 Å². The zero-order chi connectivity index (χ0) is 22.3. The van der Waals surface area contributed by atoms with Gasteiger partial charge in [0.05, 0.1) is 12.2 Å². The minimum atomic E-state index is -0.872. The molecule has 158 valence electrons. The fourth-order valence-electron chi connectivity index (χ4n) is 4.23. The SMILES string of the molecule is C=C(C)OC(=O)c1cc(-c2ccc(CC(=O)O)cc2)cc2c1OC(C)(C)CC2(C)C. The third-order valence-corrected chi connectivity index (χ3v) is 5.19. The molecule has 5 heteroatoms. The fraction of sp³-hybridized carbons (Fsp3) is 0.360. The lowest BCUT2D eigenvalue weighted by Crippen LogP contribution is -2.42. The summed E-state index contributed by atoms with van der Waals surface area (Å²) in [6.07, 6.45) is 0.763. The molecule has 0 saturated carbocycles. The predicted octanol–water partition coefficient (Wildman–Crippen LogP) is 5.51. The lowest BCUT2D eigenvalue weighted by Gasteiger charge is -2.43. The molecule has 5 nitrogen and oxygen atoms in total. The zero-order valence-electron chi connectivity index (χ0n) is 18.2. The number of rotatable bonds is 5. The van der Waals surface area contributed by atoms with E-state index in [-0.39, 0.29) is 11.8 Å². The third-order valence-electron chi connectivity index (χ3n) is 5.19. The number of hydrogen-bond acceptors (Lipinski definition) is 4. The highest BCUT2D eigenvalue weighted by Gasteiger charge is 2.41. The second-order valence-corrected chi connectivity index (χ2v) is 9.18. The highest BCUT2D eigenvalue weighted by molar-refractivity contribution is 5.96. The molecule has 30 heavy (non-hydrogen) atoms. The Kier molecular flexibility index (Phi) is 5.50. The van der Waals surface area contributed by atoms with Crippen LogP contribution in [-0.2, 0) is 21.4 Å². The van der Waals surface area contributed by atoms with Gasteiger partial charge in [-0.1, -0.05) is 44.7 Å². The van der Waals surface area contributed by atoms with Gasteiger partial charge in [0.2, 0.25) is 0 Å². The first-order valence-electron chi connectivity index (χ1n) is 9.94. The molecule has 0 fully saturated rings. The van der Waals surface area contributed by atoms with E-state index in [1.807, 2.05) is 32.0 Å². The summed E-state index contributed by atoms with van der Waals surface area (Å²) >= 11 is 0. The molecule has 1 aliphatic rings. The van der Waals surface area contributed by atoms with Crippen molar-refractivity contribution in [3.05, 3.63) is 65.4 Å². The molecule has 2 aromatic carbocycles. The van der Waals surface area contributed by atoms with Crippen LogP contribution in [0.15, 0.2) is 48.7 Å². The van der Waals surface area contributed by atoms with Gasteiger partial charge >= 0.3 is 11.9 Å². The van der Waals surface area contributed by atoms with Gasteiger partial charge in [-0.15, -0.1) is 0 Å². The van der Waals surface area contributed by atoms with Crippen LogP contribution in [0.1, 0.15) is 62.5 Å². The number of allylic oxidation sites excluding steroid dienone is 1. The average Bonchev–Trinajstić information content (AvgIpc) is 2.59. The number of esters is 1. The smallest absolute Gasteiger partial charge is 0.347 e. The molecule has 0 radical (unpaired) electrons. The molecule has 0 aliphatic carbocycles. The van der Waals surface area contributed by atoms with Crippen molar-refractivity contribution in [3.63, 3.8) is 0 Å². The van der Waals surface area contributed by atoms with Crippen LogP contribution in [0.25, 0.3) is 11.1 Å². The van der Waals surface area contributed by atoms with Crippen LogP contribution in [0.2, 0.25) is 0 Å². The maximum absolute atomic E-state index is 12.9. The summed E-state index contributed by atoms with van der Waals surface area (Å²) in [5.74, 6) is -0.514. The molecule has 0 bridgehead atoms. The van der Waals surface area contributed by atoms with Crippen molar-refractivity contribution in [2.75, 3.05) is 0 Å². The Balaban J connectivity index is 2.15. The quantitative estimate of drug-likeness (QED) is 0.522. The Labute approximate surface area is 177 Å². The number of benzene rings is 2. The summed E-state index contributed by atoms with van der Waals surface area (Å²) in [5, 5.41) is 8.98. The molecule has 0 saturated heterocycles. The Morgan fingerprint density at radius 3 is 2.30 bits per heavy atom. The second-order valence-electron chi connectivity index (χ2n) is 9.18. The molecule has 1 aliphatic heterocycles. The topological polar surface area (TPSA) is 72.8 Å². The number of carboxylic acid groups (broad SMARTS) is 1. The van der Waals surface area contributed by atoms with Crippen LogP contribution in [0.3, 0.4) is 0 Å².